The van der Waals surface area contributed by atoms with Crippen molar-refractivity contribution >= 4 is 38.7 Å². The molecule has 0 aliphatic heterocycles. The Morgan fingerprint density at radius 2 is 2.06 bits per heavy atom. The van der Waals surface area contributed by atoms with Crippen molar-refractivity contribution in [1.82, 2.24) is 9.66 Å². The van der Waals surface area contributed by atoms with E-state index in [1.807, 2.05) is 49.3 Å². The first-order valence-electron chi connectivity index (χ1n) is 10.2. The second-order valence-electron chi connectivity index (χ2n) is 7.37. The van der Waals surface area contributed by atoms with E-state index in [1.54, 1.807) is 18.4 Å². The van der Waals surface area contributed by atoms with Crippen molar-refractivity contribution in [3.63, 3.8) is 0 Å². The van der Waals surface area contributed by atoms with Gasteiger partial charge in [-0.15, -0.1) is 0 Å². The van der Waals surface area contributed by atoms with Gasteiger partial charge < -0.3 is 9.64 Å². The molecular formula is C24H27BrN4O2. The molecule has 162 valence electrons. The molecule has 0 unspecified atom stereocenters. The number of rotatable bonds is 9. The maximum absolute atomic E-state index is 13.2. The number of halogens is 1. The summed E-state index contributed by atoms with van der Waals surface area (Å²) < 4.78 is 8.06. The van der Waals surface area contributed by atoms with Gasteiger partial charge in [-0.3, -0.25) is 4.79 Å². The predicted octanol–water partition coefficient (Wildman–Crippen LogP) is 5.01. The molecule has 0 atom stereocenters. The molecule has 3 rings (SSSR count). The molecule has 0 saturated carbocycles. The second kappa shape index (κ2) is 10.4. The Morgan fingerprint density at radius 3 is 2.77 bits per heavy atom. The molecule has 0 radical (unpaired) electrons. The van der Waals surface area contributed by atoms with Gasteiger partial charge in [0.25, 0.3) is 5.56 Å². The van der Waals surface area contributed by atoms with Crippen LogP contribution in [-0.4, -0.2) is 36.6 Å². The molecule has 0 N–H and O–H groups in total. The van der Waals surface area contributed by atoms with Gasteiger partial charge >= 0.3 is 0 Å². The van der Waals surface area contributed by atoms with Crippen LogP contribution in [0.15, 0.2) is 63.4 Å². The van der Waals surface area contributed by atoms with Gasteiger partial charge in [-0.25, -0.2) is 4.98 Å². The number of nitrogens with zero attached hydrogens (tertiary/aromatic N) is 4. The van der Waals surface area contributed by atoms with Crippen LogP contribution in [0.2, 0.25) is 0 Å². The highest BCUT2D eigenvalue weighted by atomic mass is 79.9. The van der Waals surface area contributed by atoms with Crippen LogP contribution in [0.4, 0.5) is 5.69 Å². The second-order valence-corrected chi connectivity index (χ2v) is 8.29. The Morgan fingerprint density at radius 1 is 1.26 bits per heavy atom. The summed E-state index contributed by atoms with van der Waals surface area (Å²) in [7, 11) is 3.94. The zero-order chi connectivity index (χ0) is 22.4. The molecule has 0 spiro atoms. The molecule has 0 fully saturated rings. The van der Waals surface area contributed by atoms with Crippen LogP contribution in [0.25, 0.3) is 10.9 Å². The Labute approximate surface area is 191 Å². The van der Waals surface area contributed by atoms with E-state index in [2.05, 4.69) is 34.5 Å². The van der Waals surface area contributed by atoms with Gasteiger partial charge in [0.15, 0.2) is 0 Å². The summed E-state index contributed by atoms with van der Waals surface area (Å²) in [6, 6.07) is 11.4. The number of ether oxygens (including phenoxy) is 1. The van der Waals surface area contributed by atoms with Crippen LogP contribution >= 0.6 is 15.9 Å². The lowest BCUT2D eigenvalue weighted by molar-refractivity contribution is 0.363. The largest absolute Gasteiger partial charge is 0.489 e. The summed E-state index contributed by atoms with van der Waals surface area (Å²) in [5.74, 6) is 1.32. The molecule has 0 aliphatic rings. The highest BCUT2D eigenvalue weighted by Gasteiger charge is 2.12. The van der Waals surface area contributed by atoms with Gasteiger partial charge in [0, 0.05) is 42.3 Å². The van der Waals surface area contributed by atoms with Crippen LogP contribution in [0.3, 0.4) is 0 Å². The van der Waals surface area contributed by atoms with Crippen LogP contribution < -0.4 is 15.2 Å². The van der Waals surface area contributed by atoms with E-state index >= 15 is 0 Å². The smallest absolute Gasteiger partial charge is 0.282 e. The van der Waals surface area contributed by atoms with Gasteiger partial charge in [-0.05, 0) is 36.8 Å². The molecule has 0 bridgehead atoms. The zero-order valence-electron chi connectivity index (χ0n) is 18.1. The average Bonchev–Trinajstić information content (AvgIpc) is 2.76. The lowest BCUT2D eigenvalue weighted by atomic mass is 10.2. The zero-order valence-corrected chi connectivity index (χ0v) is 19.7. The summed E-state index contributed by atoms with van der Waals surface area (Å²) >= 11 is 3.44. The molecule has 0 saturated heterocycles. The number of aromatic nitrogens is 2. The monoisotopic (exact) mass is 482 g/mol. The Hall–Kier alpha value is -2.93. The van der Waals surface area contributed by atoms with Crippen molar-refractivity contribution in [2.45, 2.75) is 26.2 Å². The molecule has 1 aromatic heterocycles. The molecule has 7 heteroatoms. The topological polar surface area (TPSA) is 59.7 Å². The van der Waals surface area contributed by atoms with E-state index < -0.39 is 0 Å². The minimum absolute atomic E-state index is 0.188. The fourth-order valence-corrected chi connectivity index (χ4v) is 3.47. The van der Waals surface area contributed by atoms with E-state index in [0.29, 0.717) is 35.5 Å². The SMILES string of the molecule is C=CCOc1cc(N(C)C)ccc1C=Nn1c(CCCC)nc2ccc(Br)cc2c1=O. The van der Waals surface area contributed by atoms with E-state index in [0.717, 1.165) is 28.6 Å². The molecule has 31 heavy (non-hydrogen) atoms. The van der Waals surface area contributed by atoms with Gasteiger partial charge in [-0.2, -0.15) is 9.78 Å². The van der Waals surface area contributed by atoms with Gasteiger partial charge in [0.05, 0.1) is 17.1 Å². The first kappa shape index (κ1) is 22.7. The van der Waals surface area contributed by atoms with E-state index in [9.17, 15) is 4.79 Å². The van der Waals surface area contributed by atoms with E-state index in [-0.39, 0.29) is 5.56 Å². The summed E-state index contributed by atoms with van der Waals surface area (Å²) in [5, 5.41) is 5.06. The van der Waals surface area contributed by atoms with Crippen LogP contribution in [0.1, 0.15) is 31.2 Å². The molecule has 1 heterocycles. The highest BCUT2D eigenvalue weighted by molar-refractivity contribution is 9.10. The summed E-state index contributed by atoms with van der Waals surface area (Å²) in [6.07, 6.45) is 5.95. The van der Waals surface area contributed by atoms with Crippen LogP contribution in [-0.2, 0) is 6.42 Å². The minimum Gasteiger partial charge on any atom is -0.489 e. The van der Waals surface area contributed by atoms with Crippen LogP contribution in [0.5, 0.6) is 5.75 Å². The summed E-state index contributed by atoms with van der Waals surface area (Å²) in [6.45, 7) is 6.21. The highest BCUT2D eigenvalue weighted by Crippen LogP contribution is 2.24. The third kappa shape index (κ3) is 5.41. The average molecular weight is 483 g/mol. The third-order valence-corrected chi connectivity index (χ3v) is 5.31. The van der Waals surface area contributed by atoms with Crippen molar-refractivity contribution < 1.29 is 4.74 Å². The molecule has 2 aromatic carbocycles. The van der Waals surface area contributed by atoms with Gasteiger partial charge in [-0.1, -0.05) is 41.9 Å². The number of hydrogen-bond acceptors (Lipinski definition) is 5. The standard InChI is InChI=1S/C24H27BrN4O2/c1-5-7-8-23-27-21-12-10-18(25)14-20(21)24(30)29(23)26-16-17-9-11-19(28(3)4)15-22(17)31-13-6-2/h6,9-12,14-16H,2,5,7-8,13H2,1,3-4H3. The lowest BCUT2D eigenvalue weighted by Crippen LogP contribution is -2.22. The van der Waals surface area contributed by atoms with Crippen molar-refractivity contribution in [2.24, 2.45) is 5.10 Å². The fourth-order valence-electron chi connectivity index (χ4n) is 3.11. The maximum Gasteiger partial charge on any atom is 0.282 e. The van der Waals surface area contributed by atoms with Crippen molar-refractivity contribution in [1.29, 1.82) is 0 Å². The molecule has 0 aliphatic carbocycles. The fraction of sp³-hybridized carbons (Fsp3) is 0.292. The third-order valence-electron chi connectivity index (χ3n) is 4.81. The summed E-state index contributed by atoms with van der Waals surface area (Å²) in [4.78, 5) is 19.9. The number of aryl methyl sites for hydroxylation is 1. The Balaban J connectivity index is 2.10. The van der Waals surface area contributed by atoms with Crippen LogP contribution in [0, 0.1) is 0 Å². The lowest BCUT2D eigenvalue weighted by Gasteiger charge is -2.15. The first-order chi connectivity index (χ1) is 14.9. The first-order valence-corrected chi connectivity index (χ1v) is 11.0. The number of anilines is 1. The number of benzene rings is 2. The molecule has 3 aromatic rings. The molecule has 0 amide bonds. The number of unbranched alkanes of at least 4 members (excludes halogenated alkanes) is 1. The molecule has 6 nitrogen and oxygen atoms in total. The van der Waals surface area contributed by atoms with Crippen molar-refractivity contribution in [3.8, 4) is 5.75 Å². The minimum atomic E-state index is -0.188. The quantitative estimate of drug-likeness (QED) is 0.317. The van der Waals surface area contributed by atoms with Gasteiger partial charge in [0.1, 0.15) is 18.2 Å². The van der Waals surface area contributed by atoms with Crippen molar-refractivity contribution in [3.05, 3.63) is 75.3 Å². The predicted molar refractivity (Wildman–Crippen MR) is 132 cm³/mol. The van der Waals surface area contributed by atoms with Crippen molar-refractivity contribution in [2.75, 3.05) is 25.6 Å². The number of hydrogen-bond donors (Lipinski definition) is 0. The van der Waals surface area contributed by atoms with E-state index in [4.69, 9.17) is 9.72 Å². The Bertz CT molecular complexity index is 1170. The van der Waals surface area contributed by atoms with Gasteiger partial charge in [0.2, 0.25) is 0 Å². The summed E-state index contributed by atoms with van der Waals surface area (Å²) in [5.41, 5.74) is 2.27. The normalized spacial score (nSPS) is 11.2. The maximum atomic E-state index is 13.2. The van der Waals surface area contributed by atoms with E-state index in [1.165, 1.54) is 4.68 Å². The molecular weight excluding hydrogens is 456 g/mol. The number of fused-ring (bicyclic) bond motifs is 1. The Kier molecular flexibility index (Phi) is 7.63.